The van der Waals surface area contributed by atoms with Gasteiger partial charge in [0, 0.05) is 62.8 Å². The number of rotatable bonds is 8. The van der Waals surface area contributed by atoms with E-state index in [0.29, 0.717) is 18.5 Å². The first kappa shape index (κ1) is 22.4. The number of benzene rings is 2. The second kappa shape index (κ2) is 10.7. The second-order valence-corrected chi connectivity index (χ2v) is 8.66. The Kier molecular flexibility index (Phi) is 7.44. The molecule has 1 aliphatic heterocycles. The smallest absolute Gasteiger partial charge is 0.251 e. The summed E-state index contributed by atoms with van der Waals surface area (Å²) in [4.78, 5) is 21.6. The summed E-state index contributed by atoms with van der Waals surface area (Å²) >= 11 is 1.42. The molecule has 1 aliphatic rings. The number of anilines is 1. The largest absolute Gasteiger partial charge is 0.351 e. The van der Waals surface area contributed by atoms with E-state index in [1.54, 1.807) is 12.1 Å². The first-order chi connectivity index (χ1) is 15.6. The fraction of sp³-hybridized carbons (Fsp3) is 0.375. The average molecular weight is 454 g/mol. The summed E-state index contributed by atoms with van der Waals surface area (Å²) in [6, 6.07) is 14.3. The maximum absolute atomic E-state index is 13.1. The van der Waals surface area contributed by atoms with Gasteiger partial charge in [-0.15, -0.1) is 0 Å². The number of hydrogen-bond donors (Lipinski definition) is 1. The highest BCUT2D eigenvalue weighted by atomic mass is 32.1. The molecule has 1 saturated heterocycles. The minimum Gasteiger partial charge on any atom is -0.351 e. The van der Waals surface area contributed by atoms with Gasteiger partial charge in [-0.05, 0) is 41.8 Å². The molecule has 0 unspecified atom stereocenters. The normalized spacial score (nSPS) is 14.5. The molecule has 1 N–H and O–H groups in total. The number of hydrogen-bond acceptors (Lipinski definition) is 6. The molecule has 0 bridgehead atoms. The van der Waals surface area contributed by atoms with Crippen molar-refractivity contribution in [3.63, 3.8) is 0 Å². The molecule has 0 aliphatic carbocycles. The van der Waals surface area contributed by atoms with Crippen molar-refractivity contribution >= 4 is 22.6 Å². The average Bonchev–Trinajstić information content (AvgIpc) is 3.29. The first-order valence-electron chi connectivity index (χ1n) is 11.0. The van der Waals surface area contributed by atoms with Crippen LogP contribution < -0.4 is 10.2 Å². The van der Waals surface area contributed by atoms with E-state index < -0.39 is 0 Å². The van der Waals surface area contributed by atoms with E-state index in [4.69, 9.17) is 0 Å². The lowest BCUT2D eigenvalue weighted by Crippen LogP contribution is -2.48. The highest BCUT2D eigenvalue weighted by Crippen LogP contribution is 2.20. The van der Waals surface area contributed by atoms with Crippen LogP contribution in [-0.2, 0) is 12.8 Å². The van der Waals surface area contributed by atoms with Crippen LogP contribution in [-0.4, -0.2) is 59.4 Å². The van der Waals surface area contributed by atoms with Gasteiger partial charge in [0.05, 0.1) is 0 Å². The van der Waals surface area contributed by atoms with E-state index in [0.717, 1.165) is 55.7 Å². The third-order valence-electron chi connectivity index (χ3n) is 5.71. The van der Waals surface area contributed by atoms with E-state index in [9.17, 15) is 9.18 Å². The van der Waals surface area contributed by atoms with Gasteiger partial charge in [0.1, 0.15) is 11.6 Å². The predicted octanol–water partition coefficient (Wildman–Crippen LogP) is 3.38. The standard InChI is InChI=1S/C24H28FN5OS/c1-2-18-3-7-20(8-4-18)23(31)26-11-12-29-13-15-30(16-14-29)24-27-22(28-32-24)17-19-5-9-21(25)10-6-19/h3-10H,2,11-17H2,1H3,(H,26,31). The summed E-state index contributed by atoms with van der Waals surface area (Å²) < 4.78 is 17.5. The minimum absolute atomic E-state index is 0.0196. The highest BCUT2D eigenvalue weighted by Gasteiger charge is 2.20. The van der Waals surface area contributed by atoms with Gasteiger partial charge in [0.25, 0.3) is 5.91 Å². The Morgan fingerprint density at radius 3 is 2.41 bits per heavy atom. The van der Waals surface area contributed by atoms with Gasteiger partial charge >= 0.3 is 0 Å². The van der Waals surface area contributed by atoms with Crippen molar-refractivity contribution in [2.45, 2.75) is 19.8 Å². The molecule has 1 amide bonds. The zero-order valence-corrected chi connectivity index (χ0v) is 19.1. The van der Waals surface area contributed by atoms with Gasteiger partial charge in [-0.3, -0.25) is 9.69 Å². The molecule has 2 heterocycles. The van der Waals surface area contributed by atoms with Crippen LogP contribution in [0.1, 0.15) is 34.2 Å². The maximum Gasteiger partial charge on any atom is 0.251 e. The Morgan fingerprint density at radius 1 is 1.03 bits per heavy atom. The molecule has 1 aromatic heterocycles. The topological polar surface area (TPSA) is 61.4 Å². The van der Waals surface area contributed by atoms with Gasteiger partial charge in [0.2, 0.25) is 5.13 Å². The van der Waals surface area contributed by atoms with E-state index in [1.165, 1.54) is 29.2 Å². The number of aryl methyl sites for hydroxylation is 1. The molecule has 0 saturated carbocycles. The van der Waals surface area contributed by atoms with Crippen LogP contribution in [0, 0.1) is 5.82 Å². The monoisotopic (exact) mass is 453 g/mol. The number of aromatic nitrogens is 2. The van der Waals surface area contributed by atoms with E-state index in [1.807, 2.05) is 24.3 Å². The van der Waals surface area contributed by atoms with Crippen molar-refractivity contribution in [1.82, 2.24) is 19.6 Å². The second-order valence-electron chi connectivity index (χ2n) is 7.93. The molecule has 6 nitrogen and oxygen atoms in total. The number of nitrogens with zero attached hydrogens (tertiary/aromatic N) is 4. The van der Waals surface area contributed by atoms with Crippen molar-refractivity contribution in [1.29, 1.82) is 0 Å². The fourth-order valence-corrected chi connectivity index (χ4v) is 4.45. The van der Waals surface area contributed by atoms with E-state index >= 15 is 0 Å². The van der Waals surface area contributed by atoms with Crippen molar-refractivity contribution < 1.29 is 9.18 Å². The summed E-state index contributed by atoms with van der Waals surface area (Å²) in [5.74, 6) is 0.520. The minimum atomic E-state index is -0.233. The zero-order chi connectivity index (χ0) is 22.3. The van der Waals surface area contributed by atoms with Crippen LogP contribution in [0.5, 0.6) is 0 Å². The SMILES string of the molecule is CCc1ccc(C(=O)NCCN2CCN(c3nc(Cc4ccc(F)cc4)ns3)CC2)cc1. The molecule has 1 fully saturated rings. The van der Waals surface area contributed by atoms with Crippen LogP contribution in [0.4, 0.5) is 9.52 Å². The molecule has 168 valence electrons. The Morgan fingerprint density at radius 2 is 1.72 bits per heavy atom. The first-order valence-corrected chi connectivity index (χ1v) is 11.8. The van der Waals surface area contributed by atoms with Crippen molar-refractivity contribution in [2.24, 2.45) is 0 Å². The number of carbonyl (C=O) groups excluding carboxylic acids is 1. The number of amides is 1. The van der Waals surface area contributed by atoms with Crippen molar-refractivity contribution in [3.05, 3.63) is 76.9 Å². The number of nitrogens with one attached hydrogen (secondary N) is 1. The predicted molar refractivity (Wildman–Crippen MR) is 126 cm³/mol. The Labute approximate surface area is 192 Å². The van der Waals surface area contributed by atoms with Crippen molar-refractivity contribution in [3.8, 4) is 0 Å². The molecule has 32 heavy (non-hydrogen) atoms. The van der Waals surface area contributed by atoms with Crippen molar-refractivity contribution in [2.75, 3.05) is 44.2 Å². The number of piperazine rings is 1. The molecule has 4 rings (SSSR count). The molecule has 3 aromatic rings. The van der Waals surface area contributed by atoms with Crippen LogP contribution in [0.25, 0.3) is 0 Å². The number of carbonyl (C=O) groups is 1. The lowest BCUT2D eigenvalue weighted by molar-refractivity contribution is 0.0948. The molecule has 0 atom stereocenters. The Bertz CT molecular complexity index is 1010. The zero-order valence-electron chi connectivity index (χ0n) is 18.3. The maximum atomic E-state index is 13.1. The lowest BCUT2D eigenvalue weighted by Gasteiger charge is -2.34. The number of halogens is 1. The quantitative estimate of drug-likeness (QED) is 0.567. The van der Waals surface area contributed by atoms with Crippen LogP contribution in [0.15, 0.2) is 48.5 Å². The van der Waals surface area contributed by atoms with E-state index in [2.05, 4.69) is 31.4 Å². The van der Waals surface area contributed by atoms with Gasteiger partial charge in [0.15, 0.2) is 0 Å². The molecule has 8 heteroatoms. The Hall–Kier alpha value is -2.84. The Balaban J connectivity index is 1.19. The van der Waals surface area contributed by atoms with Gasteiger partial charge in [-0.25, -0.2) is 9.37 Å². The molecule has 0 radical (unpaired) electrons. The summed E-state index contributed by atoms with van der Waals surface area (Å²) in [5.41, 5.74) is 2.95. The fourth-order valence-electron chi connectivity index (χ4n) is 3.71. The third kappa shape index (κ3) is 5.89. The molecule has 0 spiro atoms. The molecular formula is C24H28FN5OS. The highest BCUT2D eigenvalue weighted by molar-refractivity contribution is 7.09. The van der Waals surface area contributed by atoms with Crippen LogP contribution in [0.3, 0.4) is 0 Å². The summed E-state index contributed by atoms with van der Waals surface area (Å²) in [6.45, 7) is 7.19. The summed E-state index contributed by atoms with van der Waals surface area (Å²) in [7, 11) is 0. The van der Waals surface area contributed by atoms with Crippen LogP contribution in [0.2, 0.25) is 0 Å². The summed E-state index contributed by atoms with van der Waals surface area (Å²) in [5, 5.41) is 3.95. The lowest BCUT2D eigenvalue weighted by atomic mass is 10.1. The summed E-state index contributed by atoms with van der Waals surface area (Å²) in [6.07, 6.45) is 1.58. The van der Waals surface area contributed by atoms with Gasteiger partial charge in [-0.2, -0.15) is 4.37 Å². The third-order valence-corrected chi connectivity index (χ3v) is 6.53. The molecular weight excluding hydrogens is 425 g/mol. The van der Waals surface area contributed by atoms with Gasteiger partial charge < -0.3 is 10.2 Å². The van der Waals surface area contributed by atoms with Gasteiger partial charge in [-0.1, -0.05) is 31.2 Å². The van der Waals surface area contributed by atoms with Crippen LogP contribution >= 0.6 is 11.5 Å². The van der Waals surface area contributed by atoms with E-state index in [-0.39, 0.29) is 11.7 Å². The molecule has 2 aromatic carbocycles.